The van der Waals surface area contributed by atoms with Crippen LogP contribution in [-0.2, 0) is 16.0 Å². The lowest BCUT2D eigenvalue weighted by molar-refractivity contribution is -0.185. The van der Waals surface area contributed by atoms with E-state index in [1.54, 1.807) is 0 Å². The lowest BCUT2D eigenvalue weighted by Crippen LogP contribution is -2.45. The number of hydrogen-bond donors (Lipinski definition) is 0. The molecule has 0 radical (unpaired) electrons. The number of esters is 1. The second-order valence-corrected chi connectivity index (χ2v) is 6.24. The summed E-state index contributed by atoms with van der Waals surface area (Å²) in [6.45, 7) is 3.74. The first-order valence-electron chi connectivity index (χ1n) is 8.66. The van der Waals surface area contributed by atoms with Crippen LogP contribution >= 0.6 is 0 Å². The zero-order valence-corrected chi connectivity index (χ0v) is 13.5. The highest BCUT2D eigenvalue weighted by Gasteiger charge is 2.40. The number of hydrogen-bond acceptors (Lipinski definition) is 2. The Labute approximate surface area is 134 Å². The normalized spacial score (nSPS) is 20.3. The van der Waals surface area contributed by atoms with E-state index in [2.05, 4.69) is 30.8 Å². The Hall–Kier alpha value is -1.57. The standard InChI is InChI=1S/C20H28O2/c1-2-3-4-5-6-7-11-14-18-19(22-20(18)21)16-15-17-12-9-8-10-13-17/h2,8-10,12-13,18-19H,1,3-7,11,14-16H2/t18?,19-/m1/s1. The quantitative estimate of drug-likeness (QED) is 0.324. The van der Waals surface area contributed by atoms with E-state index in [4.69, 9.17) is 4.74 Å². The zero-order valence-electron chi connectivity index (χ0n) is 13.5. The van der Waals surface area contributed by atoms with Gasteiger partial charge in [-0.3, -0.25) is 4.79 Å². The molecule has 1 saturated heterocycles. The highest BCUT2D eigenvalue weighted by Crippen LogP contribution is 2.31. The molecule has 0 N–H and O–H groups in total. The van der Waals surface area contributed by atoms with Gasteiger partial charge in [0.25, 0.3) is 0 Å². The minimum absolute atomic E-state index is 0.0183. The van der Waals surface area contributed by atoms with Crippen LogP contribution in [0.1, 0.15) is 56.9 Å². The molecule has 0 spiro atoms. The molecule has 1 aliphatic rings. The van der Waals surface area contributed by atoms with Crippen LogP contribution in [0, 0.1) is 5.92 Å². The maximum atomic E-state index is 11.6. The van der Waals surface area contributed by atoms with Crippen LogP contribution in [0.25, 0.3) is 0 Å². The number of rotatable bonds is 11. The van der Waals surface area contributed by atoms with Crippen molar-refractivity contribution < 1.29 is 9.53 Å². The smallest absolute Gasteiger partial charge is 0.313 e. The van der Waals surface area contributed by atoms with Crippen LogP contribution in [0.4, 0.5) is 0 Å². The van der Waals surface area contributed by atoms with Crippen LogP contribution in [0.2, 0.25) is 0 Å². The van der Waals surface area contributed by atoms with Gasteiger partial charge in [0.05, 0.1) is 5.92 Å². The van der Waals surface area contributed by atoms with Crippen LogP contribution in [0.15, 0.2) is 43.0 Å². The number of carbonyl (C=O) groups excluding carboxylic acids is 1. The predicted molar refractivity (Wildman–Crippen MR) is 90.6 cm³/mol. The summed E-state index contributed by atoms with van der Waals surface area (Å²) in [4.78, 5) is 11.6. The Balaban J connectivity index is 1.59. The van der Waals surface area contributed by atoms with Crippen LogP contribution < -0.4 is 0 Å². The third-order valence-corrected chi connectivity index (χ3v) is 4.50. The maximum Gasteiger partial charge on any atom is 0.313 e. The van der Waals surface area contributed by atoms with Crippen molar-refractivity contribution in [2.75, 3.05) is 0 Å². The molecule has 1 fully saturated rings. The first-order valence-corrected chi connectivity index (χ1v) is 8.66. The number of ether oxygens (including phenoxy) is 1. The molecule has 2 nitrogen and oxygen atoms in total. The first kappa shape index (κ1) is 16.8. The van der Waals surface area contributed by atoms with Crippen molar-refractivity contribution in [2.24, 2.45) is 5.92 Å². The fraction of sp³-hybridized carbons (Fsp3) is 0.550. The summed E-state index contributed by atoms with van der Waals surface area (Å²) in [6, 6.07) is 10.4. The molecule has 0 saturated carbocycles. The van der Waals surface area contributed by atoms with Gasteiger partial charge in [0, 0.05) is 0 Å². The Morgan fingerprint density at radius 1 is 1.00 bits per heavy atom. The predicted octanol–water partition coefficient (Wildman–Crippen LogP) is 5.08. The van der Waals surface area contributed by atoms with E-state index < -0.39 is 0 Å². The summed E-state index contributed by atoms with van der Waals surface area (Å²) in [7, 11) is 0. The molecule has 2 atom stereocenters. The second kappa shape index (κ2) is 9.45. The molecule has 0 amide bonds. The van der Waals surface area contributed by atoms with E-state index in [1.165, 1.54) is 31.2 Å². The molecular weight excluding hydrogens is 272 g/mol. The third kappa shape index (κ3) is 5.32. The summed E-state index contributed by atoms with van der Waals surface area (Å²) < 4.78 is 5.33. The summed E-state index contributed by atoms with van der Waals surface area (Å²) in [5, 5.41) is 0. The molecule has 2 heteroatoms. The molecule has 1 unspecified atom stereocenters. The average Bonchev–Trinajstić information content (AvgIpc) is 2.54. The highest BCUT2D eigenvalue weighted by atomic mass is 16.6. The third-order valence-electron chi connectivity index (χ3n) is 4.50. The average molecular weight is 300 g/mol. The molecule has 0 bridgehead atoms. The topological polar surface area (TPSA) is 26.3 Å². The Morgan fingerprint density at radius 3 is 2.45 bits per heavy atom. The fourth-order valence-corrected chi connectivity index (χ4v) is 3.10. The molecular formula is C20H28O2. The number of carbonyl (C=O) groups is 1. The molecule has 120 valence electrons. The number of benzene rings is 1. The molecule has 1 aromatic rings. The Kier molecular flexibility index (Phi) is 7.21. The van der Waals surface area contributed by atoms with Gasteiger partial charge < -0.3 is 4.74 Å². The summed E-state index contributed by atoms with van der Waals surface area (Å²) >= 11 is 0. The van der Waals surface area contributed by atoms with Crippen molar-refractivity contribution in [2.45, 2.75) is 63.9 Å². The van der Waals surface area contributed by atoms with Crippen LogP contribution in [-0.4, -0.2) is 12.1 Å². The first-order chi connectivity index (χ1) is 10.8. The van der Waals surface area contributed by atoms with Crippen molar-refractivity contribution in [3.63, 3.8) is 0 Å². The molecule has 2 rings (SSSR count). The molecule has 1 aliphatic heterocycles. The van der Waals surface area contributed by atoms with Gasteiger partial charge in [0.15, 0.2) is 0 Å². The summed E-state index contributed by atoms with van der Waals surface area (Å²) in [5.41, 5.74) is 1.33. The van der Waals surface area contributed by atoms with Gasteiger partial charge in [-0.15, -0.1) is 6.58 Å². The molecule has 22 heavy (non-hydrogen) atoms. The van der Waals surface area contributed by atoms with E-state index in [1.807, 2.05) is 12.1 Å². The van der Waals surface area contributed by atoms with Crippen molar-refractivity contribution in [3.05, 3.63) is 48.6 Å². The lowest BCUT2D eigenvalue weighted by atomic mass is 9.87. The van der Waals surface area contributed by atoms with Crippen LogP contribution in [0.3, 0.4) is 0 Å². The number of allylic oxidation sites excluding steroid dienone is 1. The monoisotopic (exact) mass is 300 g/mol. The maximum absolute atomic E-state index is 11.6. The minimum atomic E-state index is 0.0183. The minimum Gasteiger partial charge on any atom is -0.461 e. The Bertz CT molecular complexity index is 452. The molecule has 1 aromatic carbocycles. The van der Waals surface area contributed by atoms with Gasteiger partial charge in [0.1, 0.15) is 6.10 Å². The largest absolute Gasteiger partial charge is 0.461 e. The van der Waals surface area contributed by atoms with Crippen molar-refractivity contribution >= 4 is 5.97 Å². The van der Waals surface area contributed by atoms with Gasteiger partial charge >= 0.3 is 5.97 Å². The fourth-order valence-electron chi connectivity index (χ4n) is 3.10. The number of unbranched alkanes of at least 4 members (excludes halogenated alkanes) is 5. The zero-order chi connectivity index (χ0) is 15.6. The van der Waals surface area contributed by atoms with E-state index >= 15 is 0 Å². The van der Waals surface area contributed by atoms with Gasteiger partial charge in [-0.05, 0) is 37.7 Å². The van der Waals surface area contributed by atoms with Gasteiger partial charge in [-0.2, -0.15) is 0 Å². The van der Waals surface area contributed by atoms with Gasteiger partial charge in [-0.1, -0.05) is 62.1 Å². The van der Waals surface area contributed by atoms with E-state index in [0.717, 1.165) is 32.1 Å². The van der Waals surface area contributed by atoms with E-state index in [-0.39, 0.29) is 18.0 Å². The van der Waals surface area contributed by atoms with Gasteiger partial charge in [0.2, 0.25) is 0 Å². The van der Waals surface area contributed by atoms with E-state index in [0.29, 0.717) is 0 Å². The SMILES string of the molecule is C=CCCCCCCCC1C(=O)O[C@@H]1CCc1ccccc1. The van der Waals surface area contributed by atoms with E-state index in [9.17, 15) is 4.79 Å². The molecule has 1 heterocycles. The Morgan fingerprint density at radius 2 is 1.73 bits per heavy atom. The van der Waals surface area contributed by atoms with Crippen LogP contribution in [0.5, 0.6) is 0 Å². The second-order valence-electron chi connectivity index (χ2n) is 6.24. The molecule has 0 aliphatic carbocycles. The summed E-state index contributed by atoms with van der Waals surface area (Å²) in [6.07, 6.45) is 12.4. The lowest BCUT2D eigenvalue weighted by Gasteiger charge is -2.35. The van der Waals surface area contributed by atoms with Crippen molar-refractivity contribution in [1.29, 1.82) is 0 Å². The molecule has 0 aromatic heterocycles. The van der Waals surface area contributed by atoms with Gasteiger partial charge in [-0.25, -0.2) is 0 Å². The van der Waals surface area contributed by atoms with Crippen molar-refractivity contribution in [3.8, 4) is 0 Å². The number of cyclic esters (lactones) is 1. The highest BCUT2D eigenvalue weighted by molar-refractivity contribution is 5.78. The number of aryl methyl sites for hydroxylation is 1. The van der Waals surface area contributed by atoms with Crippen molar-refractivity contribution in [1.82, 2.24) is 0 Å². The summed E-state index contributed by atoms with van der Waals surface area (Å²) in [5.74, 6) is 0.168.